The summed E-state index contributed by atoms with van der Waals surface area (Å²) in [6.07, 6.45) is 8.15. The van der Waals surface area contributed by atoms with Crippen LogP contribution < -0.4 is 10.6 Å². The number of hydrogen-bond donors (Lipinski definition) is 2. The maximum Gasteiger partial charge on any atom is 0.251 e. The van der Waals surface area contributed by atoms with Gasteiger partial charge in [0.15, 0.2) is 0 Å². The van der Waals surface area contributed by atoms with Gasteiger partial charge in [0.2, 0.25) is 5.91 Å². The number of carbonyl (C=O) groups is 2. The smallest absolute Gasteiger partial charge is 0.251 e. The van der Waals surface area contributed by atoms with Gasteiger partial charge < -0.3 is 15.5 Å². The Balaban J connectivity index is 1.24. The van der Waals surface area contributed by atoms with Gasteiger partial charge in [-0.3, -0.25) is 9.59 Å². The van der Waals surface area contributed by atoms with E-state index in [1.807, 2.05) is 6.07 Å². The standard InChI is InChI=1S/C27H30Cl2N4O2/c28-24-10-6-20(18-25(24)29)7-11-26(34)31-14-2-1-3-15-33-16-12-23(13-17-33)32-27(35)22-8-4-21(19-30)5-9-22/h4-11,18,23H,1-3,12-17H2,(H,31,34)(H,32,35)/b11-7+. The molecule has 2 aromatic rings. The number of likely N-dealkylation sites (tertiary alicyclic amines) is 1. The molecule has 35 heavy (non-hydrogen) atoms. The van der Waals surface area contributed by atoms with Crippen molar-refractivity contribution in [3.8, 4) is 6.07 Å². The van der Waals surface area contributed by atoms with E-state index in [-0.39, 0.29) is 17.9 Å². The van der Waals surface area contributed by atoms with E-state index in [2.05, 4.69) is 21.6 Å². The lowest BCUT2D eigenvalue weighted by atomic mass is 10.0. The number of amides is 2. The Hall–Kier alpha value is -2.85. The van der Waals surface area contributed by atoms with Crippen molar-refractivity contribution in [2.24, 2.45) is 0 Å². The van der Waals surface area contributed by atoms with E-state index in [1.54, 1.807) is 42.5 Å². The first kappa shape index (κ1) is 26.7. The predicted molar refractivity (Wildman–Crippen MR) is 140 cm³/mol. The Bertz CT molecular complexity index is 1070. The van der Waals surface area contributed by atoms with Gasteiger partial charge in [-0.1, -0.05) is 35.7 Å². The second kappa shape index (κ2) is 13.9. The molecule has 0 aromatic heterocycles. The van der Waals surface area contributed by atoms with Crippen molar-refractivity contribution in [2.45, 2.75) is 38.1 Å². The monoisotopic (exact) mass is 512 g/mol. The Labute approximate surface area is 216 Å². The minimum atomic E-state index is -0.124. The summed E-state index contributed by atoms with van der Waals surface area (Å²) in [5.74, 6) is -0.206. The minimum Gasteiger partial charge on any atom is -0.353 e. The van der Waals surface area contributed by atoms with E-state index >= 15 is 0 Å². The van der Waals surface area contributed by atoms with Gasteiger partial charge in [-0.2, -0.15) is 5.26 Å². The van der Waals surface area contributed by atoms with Crippen LogP contribution in [0, 0.1) is 11.3 Å². The van der Waals surface area contributed by atoms with Gasteiger partial charge >= 0.3 is 0 Å². The third-order valence-electron chi connectivity index (χ3n) is 6.02. The number of rotatable bonds is 10. The van der Waals surface area contributed by atoms with Gasteiger partial charge in [-0.15, -0.1) is 0 Å². The van der Waals surface area contributed by atoms with Gasteiger partial charge in [0.25, 0.3) is 5.91 Å². The Kier molecular flexibility index (Phi) is 10.6. The molecular weight excluding hydrogens is 483 g/mol. The van der Waals surface area contributed by atoms with Gasteiger partial charge in [0.1, 0.15) is 0 Å². The molecule has 1 aliphatic heterocycles. The zero-order valence-corrected chi connectivity index (χ0v) is 21.1. The zero-order valence-electron chi connectivity index (χ0n) is 19.6. The lowest BCUT2D eigenvalue weighted by molar-refractivity contribution is -0.116. The average molecular weight is 513 g/mol. The Morgan fingerprint density at radius 3 is 2.46 bits per heavy atom. The zero-order chi connectivity index (χ0) is 25.0. The third kappa shape index (κ3) is 9.03. The molecular formula is C27H30Cl2N4O2. The van der Waals surface area contributed by atoms with Crippen LogP contribution in [0.1, 0.15) is 53.6 Å². The lowest BCUT2D eigenvalue weighted by Crippen LogP contribution is -2.44. The van der Waals surface area contributed by atoms with E-state index in [4.69, 9.17) is 28.5 Å². The van der Waals surface area contributed by atoms with Crippen LogP contribution in [0.15, 0.2) is 48.5 Å². The first-order valence-electron chi connectivity index (χ1n) is 11.9. The molecule has 1 heterocycles. The molecule has 1 fully saturated rings. The molecule has 0 atom stereocenters. The molecule has 0 bridgehead atoms. The van der Waals surface area contributed by atoms with Crippen molar-refractivity contribution >= 4 is 41.1 Å². The molecule has 2 N–H and O–H groups in total. The number of nitriles is 1. The first-order chi connectivity index (χ1) is 16.9. The highest BCUT2D eigenvalue weighted by molar-refractivity contribution is 6.42. The largest absolute Gasteiger partial charge is 0.353 e. The lowest BCUT2D eigenvalue weighted by Gasteiger charge is -2.32. The number of halogens is 2. The van der Waals surface area contributed by atoms with Crippen LogP contribution in [0.3, 0.4) is 0 Å². The highest BCUT2D eigenvalue weighted by atomic mass is 35.5. The maximum atomic E-state index is 12.4. The summed E-state index contributed by atoms with van der Waals surface area (Å²) in [6.45, 7) is 3.61. The molecule has 0 spiro atoms. The SMILES string of the molecule is N#Cc1ccc(C(=O)NC2CCN(CCCCCNC(=O)/C=C/c3ccc(Cl)c(Cl)c3)CC2)cc1. The second-order valence-corrected chi connectivity index (χ2v) is 9.45. The highest BCUT2D eigenvalue weighted by Gasteiger charge is 2.20. The van der Waals surface area contributed by atoms with Crippen LogP contribution in [0.4, 0.5) is 0 Å². The number of benzene rings is 2. The molecule has 6 nitrogen and oxygen atoms in total. The van der Waals surface area contributed by atoms with Crippen molar-refractivity contribution < 1.29 is 9.59 Å². The van der Waals surface area contributed by atoms with Gasteiger partial charge in [0.05, 0.1) is 21.7 Å². The van der Waals surface area contributed by atoms with E-state index in [0.29, 0.717) is 27.7 Å². The third-order valence-corrected chi connectivity index (χ3v) is 6.76. The summed E-state index contributed by atoms with van der Waals surface area (Å²) < 4.78 is 0. The number of piperidine rings is 1. The fraction of sp³-hybridized carbons (Fsp3) is 0.370. The molecule has 2 amide bonds. The van der Waals surface area contributed by atoms with Crippen LogP contribution in [0.2, 0.25) is 10.0 Å². The fourth-order valence-corrected chi connectivity index (χ4v) is 4.27. The second-order valence-electron chi connectivity index (χ2n) is 8.64. The molecule has 0 aliphatic carbocycles. The van der Waals surface area contributed by atoms with Crippen LogP contribution in [0.25, 0.3) is 6.08 Å². The van der Waals surface area contributed by atoms with Gasteiger partial charge in [0, 0.05) is 37.3 Å². The fourth-order valence-electron chi connectivity index (χ4n) is 3.96. The summed E-state index contributed by atoms with van der Waals surface area (Å²) in [5.41, 5.74) is 1.96. The summed E-state index contributed by atoms with van der Waals surface area (Å²) in [5, 5.41) is 15.8. The molecule has 1 aliphatic rings. The average Bonchev–Trinajstić information content (AvgIpc) is 2.87. The molecule has 3 rings (SSSR count). The summed E-state index contributed by atoms with van der Waals surface area (Å²) in [7, 11) is 0. The van der Waals surface area contributed by atoms with E-state index in [1.165, 1.54) is 6.08 Å². The number of unbranched alkanes of at least 4 members (excludes halogenated alkanes) is 2. The number of nitrogens with zero attached hydrogens (tertiary/aromatic N) is 2. The van der Waals surface area contributed by atoms with Crippen molar-refractivity contribution in [3.05, 3.63) is 75.3 Å². The maximum absolute atomic E-state index is 12.4. The van der Waals surface area contributed by atoms with Gasteiger partial charge in [-0.05, 0) is 80.3 Å². The summed E-state index contributed by atoms with van der Waals surface area (Å²) in [4.78, 5) is 26.8. The van der Waals surface area contributed by atoms with Crippen molar-refractivity contribution in [1.29, 1.82) is 5.26 Å². The highest BCUT2D eigenvalue weighted by Crippen LogP contribution is 2.23. The molecule has 1 saturated heterocycles. The minimum absolute atomic E-state index is 0.0817. The molecule has 0 saturated carbocycles. The van der Waals surface area contributed by atoms with E-state index in [9.17, 15) is 9.59 Å². The van der Waals surface area contributed by atoms with Crippen LogP contribution in [0.5, 0.6) is 0 Å². The Morgan fingerprint density at radius 2 is 1.77 bits per heavy atom. The van der Waals surface area contributed by atoms with Gasteiger partial charge in [-0.25, -0.2) is 0 Å². The van der Waals surface area contributed by atoms with Crippen molar-refractivity contribution in [2.75, 3.05) is 26.2 Å². The van der Waals surface area contributed by atoms with Crippen LogP contribution in [-0.2, 0) is 4.79 Å². The van der Waals surface area contributed by atoms with Crippen molar-refractivity contribution in [1.82, 2.24) is 15.5 Å². The summed E-state index contributed by atoms with van der Waals surface area (Å²) >= 11 is 11.9. The molecule has 2 aromatic carbocycles. The topological polar surface area (TPSA) is 85.2 Å². The van der Waals surface area contributed by atoms with Crippen LogP contribution >= 0.6 is 23.2 Å². The normalized spacial score (nSPS) is 14.5. The molecule has 184 valence electrons. The number of nitrogens with one attached hydrogen (secondary N) is 2. The molecule has 8 heteroatoms. The quantitative estimate of drug-likeness (QED) is 0.344. The summed E-state index contributed by atoms with van der Waals surface area (Å²) in [6, 6.07) is 14.2. The number of carbonyl (C=O) groups excluding carboxylic acids is 2. The predicted octanol–water partition coefficient (Wildman–Crippen LogP) is 5.06. The molecule has 0 radical (unpaired) electrons. The molecule has 0 unspecified atom stereocenters. The van der Waals surface area contributed by atoms with E-state index in [0.717, 1.165) is 57.3 Å². The number of hydrogen-bond acceptors (Lipinski definition) is 4. The van der Waals surface area contributed by atoms with Crippen molar-refractivity contribution in [3.63, 3.8) is 0 Å². The van der Waals surface area contributed by atoms with Crippen LogP contribution in [-0.4, -0.2) is 48.9 Å². The van der Waals surface area contributed by atoms with E-state index < -0.39 is 0 Å². The first-order valence-corrected chi connectivity index (χ1v) is 12.6. The Morgan fingerprint density at radius 1 is 1.03 bits per heavy atom.